The lowest BCUT2D eigenvalue weighted by Crippen LogP contribution is -2.28. The van der Waals surface area contributed by atoms with Crippen LogP contribution in [-0.2, 0) is 15.0 Å². The van der Waals surface area contributed by atoms with Gasteiger partial charge < -0.3 is 5.32 Å². The van der Waals surface area contributed by atoms with E-state index in [1.165, 1.54) is 12.5 Å². The molecular weight excluding hydrogens is 344 g/mol. The van der Waals surface area contributed by atoms with Gasteiger partial charge in [-0.1, -0.05) is 45.0 Å². The average molecular weight is 369 g/mol. The maximum Gasteiger partial charge on any atom is 0.238 e. The summed E-state index contributed by atoms with van der Waals surface area (Å²) in [5, 5.41) is 2.72. The zero-order chi connectivity index (χ0) is 18.9. The van der Waals surface area contributed by atoms with Gasteiger partial charge in [-0.3, -0.25) is 14.5 Å². The second-order valence-corrected chi connectivity index (χ2v) is 8.60. The summed E-state index contributed by atoms with van der Waals surface area (Å²) in [5.41, 5.74) is 3.98. The molecule has 1 N–H and O–H groups in total. The normalized spacial score (nSPS) is 17.5. The van der Waals surface area contributed by atoms with E-state index >= 15 is 0 Å². The molecule has 2 amide bonds. The SMILES string of the molecule is CC(=O)Nc1cccc([C@H]2SCC(=O)N2c2ccc(C(C)(C)C)cc2)c1. The number of carbonyl (C=O) groups is 2. The Kier molecular flexibility index (Phi) is 5.10. The molecule has 0 spiro atoms. The van der Waals surface area contributed by atoms with Crippen LogP contribution in [0.1, 0.15) is 44.2 Å². The van der Waals surface area contributed by atoms with Crippen LogP contribution in [0.3, 0.4) is 0 Å². The number of hydrogen-bond acceptors (Lipinski definition) is 3. The van der Waals surface area contributed by atoms with Crippen LogP contribution in [0, 0.1) is 0 Å². The van der Waals surface area contributed by atoms with E-state index in [9.17, 15) is 9.59 Å². The van der Waals surface area contributed by atoms with E-state index in [1.807, 2.05) is 41.3 Å². The van der Waals surface area contributed by atoms with Gasteiger partial charge in [-0.05, 0) is 40.8 Å². The molecule has 0 radical (unpaired) electrons. The van der Waals surface area contributed by atoms with Crippen LogP contribution < -0.4 is 10.2 Å². The second kappa shape index (κ2) is 7.16. The maximum atomic E-state index is 12.5. The first kappa shape index (κ1) is 18.5. The average Bonchev–Trinajstić information content (AvgIpc) is 2.95. The first-order chi connectivity index (χ1) is 12.3. The molecule has 0 saturated carbocycles. The van der Waals surface area contributed by atoms with E-state index < -0.39 is 0 Å². The van der Waals surface area contributed by atoms with Crippen molar-refractivity contribution < 1.29 is 9.59 Å². The molecule has 0 aromatic heterocycles. The fourth-order valence-electron chi connectivity index (χ4n) is 3.05. The Hall–Kier alpha value is -2.27. The predicted octanol–water partition coefficient (Wildman–Crippen LogP) is 4.72. The highest BCUT2D eigenvalue weighted by Gasteiger charge is 2.34. The summed E-state index contributed by atoms with van der Waals surface area (Å²) in [7, 11) is 0. The van der Waals surface area contributed by atoms with Crippen molar-refractivity contribution >= 4 is 35.0 Å². The molecule has 4 nitrogen and oxygen atoms in total. The molecule has 1 saturated heterocycles. The molecule has 2 aromatic carbocycles. The van der Waals surface area contributed by atoms with Crippen molar-refractivity contribution in [2.45, 2.75) is 38.5 Å². The van der Waals surface area contributed by atoms with E-state index in [0.29, 0.717) is 5.75 Å². The Morgan fingerprint density at radius 2 is 1.85 bits per heavy atom. The summed E-state index contributed by atoms with van der Waals surface area (Å²) < 4.78 is 0. The number of nitrogens with zero attached hydrogens (tertiary/aromatic N) is 1. The van der Waals surface area contributed by atoms with Gasteiger partial charge in [-0.15, -0.1) is 11.8 Å². The van der Waals surface area contributed by atoms with Gasteiger partial charge in [0.05, 0.1) is 5.75 Å². The lowest BCUT2D eigenvalue weighted by molar-refractivity contribution is -0.116. The number of hydrogen-bond donors (Lipinski definition) is 1. The Morgan fingerprint density at radius 1 is 1.15 bits per heavy atom. The van der Waals surface area contributed by atoms with Crippen LogP contribution in [0.25, 0.3) is 0 Å². The lowest BCUT2D eigenvalue weighted by atomic mass is 9.87. The molecule has 1 atom stereocenters. The minimum atomic E-state index is -0.105. The van der Waals surface area contributed by atoms with E-state index in [2.05, 4.69) is 38.2 Å². The predicted molar refractivity (Wildman–Crippen MR) is 109 cm³/mol. The van der Waals surface area contributed by atoms with Crippen LogP contribution in [0.2, 0.25) is 0 Å². The smallest absolute Gasteiger partial charge is 0.238 e. The van der Waals surface area contributed by atoms with Crippen LogP contribution in [0.4, 0.5) is 11.4 Å². The number of thioether (sulfide) groups is 1. The van der Waals surface area contributed by atoms with Crippen molar-refractivity contribution in [3.8, 4) is 0 Å². The largest absolute Gasteiger partial charge is 0.326 e. The monoisotopic (exact) mass is 368 g/mol. The summed E-state index contributed by atoms with van der Waals surface area (Å²) in [5.74, 6) is 0.455. The Labute approximate surface area is 159 Å². The molecule has 3 rings (SSSR count). The zero-order valence-electron chi connectivity index (χ0n) is 15.6. The van der Waals surface area contributed by atoms with Gasteiger partial charge in [0, 0.05) is 18.3 Å². The molecule has 1 aliphatic rings. The minimum absolute atomic E-state index is 0.0778. The Bertz CT molecular complexity index is 825. The summed E-state index contributed by atoms with van der Waals surface area (Å²) in [6.07, 6.45) is 0. The highest BCUT2D eigenvalue weighted by Crippen LogP contribution is 2.42. The standard InChI is InChI=1S/C21H24N2O2S/c1-14(24)22-17-7-5-6-15(12-17)20-23(19(25)13-26-20)18-10-8-16(9-11-18)21(2,3)4/h5-12,20H,13H2,1-4H3,(H,22,24)/t20-/m1/s1. The molecule has 136 valence electrons. The van der Waals surface area contributed by atoms with Crippen LogP contribution in [0.5, 0.6) is 0 Å². The van der Waals surface area contributed by atoms with Gasteiger partial charge >= 0.3 is 0 Å². The molecule has 1 heterocycles. The van der Waals surface area contributed by atoms with Gasteiger partial charge in [-0.25, -0.2) is 0 Å². The van der Waals surface area contributed by atoms with E-state index in [0.717, 1.165) is 16.9 Å². The summed E-state index contributed by atoms with van der Waals surface area (Å²) in [6, 6.07) is 15.9. The van der Waals surface area contributed by atoms with Crippen molar-refractivity contribution in [2.75, 3.05) is 16.0 Å². The van der Waals surface area contributed by atoms with E-state index in [1.54, 1.807) is 11.8 Å². The molecule has 5 heteroatoms. The third kappa shape index (κ3) is 3.93. The number of anilines is 2. The Balaban J connectivity index is 1.91. The number of rotatable bonds is 3. The van der Waals surface area contributed by atoms with Crippen molar-refractivity contribution in [3.05, 3.63) is 59.7 Å². The molecule has 26 heavy (non-hydrogen) atoms. The third-order valence-corrected chi connectivity index (χ3v) is 5.58. The molecule has 1 fully saturated rings. The zero-order valence-corrected chi connectivity index (χ0v) is 16.4. The number of amides is 2. The minimum Gasteiger partial charge on any atom is -0.326 e. The number of carbonyl (C=O) groups excluding carboxylic acids is 2. The lowest BCUT2D eigenvalue weighted by Gasteiger charge is -2.26. The maximum absolute atomic E-state index is 12.5. The molecule has 0 unspecified atom stereocenters. The van der Waals surface area contributed by atoms with Crippen molar-refractivity contribution in [2.24, 2.45) is 0 Å². The quantitative estimate of drug-likeness (QED) is 0.853. The van der Waals surface area contributed by atoms with Crippen LogP contribution in [-0.4, -0.2) is 17.6 Å². The topological polar surface area (TPSA) is 49.4 Å². The van der Waals surface area contributed by atoms with E-state index in [-0.39, 0.29) is 22.6 Å². The first-order valence-electron chi connectivity index (χ1n) is 8.67. The van der Waals surface area contributed by atoms with Gasteiger partial charge in [-0.2, -0.15) is 0 Å². The fourth-order valence-corrected chi connectivity index (χ4v) is 4.21. The Morgan fingerprint density at radius 3 is 2.46 bits per heavy atom. The van der Waals surface area contributed by atoms with Crippen molar-refractivity contribution in [3.63, 3.8) is 0 Å². The highest BCUT2D eigenvalue weighted by molar-refractivity contribution is 8.00. The highest BCUT2D eigenvalue weighted by atomic mass is 32.2. The van der Waals surface area contributed by atoms with Gasteiger partial charge in [0.25, 0.3) is 0 Å². The summed E-state index contributed by atoms with van der Waals surface area (Å²) in [6.45, 7) is 8.02. The first-order valence-corrected chi connectivity index (χ1v) is 9.72. The molecular formula is C21H24N2O2S. The number of benzene rings is 2. The van der Waals surface area contributed by atoms with Gasteiger partial charge in [0.1, 0.15) is 5.37 Å². The molecule has 2 aromatic rings. The van der Waals surface area contributed by atoms with Gasteiger partial charge in [0.2, 0.25) is 11.8 Å². The number of nitrogens with one attached hydrogen (secondary N) is 1. The van der Waals surface area contributed by atoms with E-state index in [4.69, 9.17) is 0 Å². The molecule has 1 aliphatic heterocycles. The second-order valence-electron chi connectivity index (χ2n) is 7.53. The van der Waals surface area contributed by atoms with Crippen LogP contribution in [0.15, 0.2) is 48.5 Å². The van der Waals surface area contributed by atoms with Crippen LogP contribution >= 0.6 is 11.8 Å². The van der Waals surface area contributed by atoms with Crippen molar-refractivity contribution in [1.29, 1.82) is 0 Å². The molecule has 0 aliphatic carbocycles. The summed E-state index contributed by atoms with van der Waals surface area (Å²) >= 11 is 1.61. The summed E-state index contributed by atoms with van der Waals surface area (Å²) in [4.78, 5) is 25.7. The third-order valence-electron chi connectivity index (χ3n) is 4.37. The molecule has 0 bridgehead atoms. The van der Waals surface area contributed by atoms with Gasteiger partial charge in [0.15, 0.2) is 0 Å². The fraction of sp³-hybridized carbons (Fsp3) is 0.333. The van der Waals surface area contributed by atoms with Crippen molar-refractivity contribution in [1.82, 2.24) is 0 Å².